The zero-order valence-corrected chi connectivity index (χ0v) is 19.0. The van der Waals surface area contributed by atoms with Crippen molar-refractivity contribution >= 4 is 27.6 Å². The zero-order valence-electron chi connectivity index (χ0n) is 18.2. The smallest absolute Gasteiger partial charge is 0.341 e. The molecule has 2 aromatic carbocycles. The maximum Gasteiger partial charge on any atom is 0.341 e. The van der Waals surface area contributed by atoms with Crippen LogP contribution in [-0.4, -0.2) is 46.4 Å². The molecule has 0 saturated carbocycles. The summed E-state index contributed by atoms with van der Waals surface area (Å²) in [7, 11) is 0.450. The summed E-state index contributed by atoms with van der Waals surface area (Å²) in [6.45, 7) is 1.73. The molecule has 0 fully saturated rings. The lowest BCUT2D eigenvalue weighted by Crippen LogP contribution is -2.28. The van der Waals surface area contributed by atoms with Gasteiger partial charge in [-0.1, -0.05) is 24.3 Å². The van der Waals surface area contributed by atoms with Crippen LogP contribution in [0.25, 0.3) is 0 Å². The number of ether oxygens (including phenoxy) is 1. The monoisotopic (exact) mass is 456 g/mol. The number of aryl methyl sites for hydroxylation is 1. The quantitative estimate of drug-likeness (QED) is 0.505. The fraction of sp³-hybridized carbons (Fsp3) is 0.217. The fourth-order valence-electron chi connectivity index (χ4n) is 3.18. The molecule has 0 aliphatic heterocycles. The molecule has 168 valence electrons. The van der Waals surface area contributed by atoms with Gasteiger partial charge in [0.15, 0.2) is 0 Å². The van der Waals surface area contributed by atoms with Crippen molar-refractivity contribution in [2.24, 2.45) is 0 Å². The van der Waals surface area contributed by atoms with Crippen LogP contribution in [0.1, 0.15) is 32.2 Å². The Morgan fingerprint density at radius 1 is 1.00 bits per heavy atom. The Balaban J connectivity index is 1.81. The van der Waals surface area contributed by atoms with Gasteiger partial charge in [0.05, 0.1) is 24.2 Å². The van der Waals surface area contributed by atoms with Gasteiger partial charge in [0.1, 0.15) is 17.1 Å². The molecule has 0 aliphatic carbocycles. The van der Waals surface area contributed by atoms with E-state index in [1.807, 2.05) is 0 Å². The van der Waals surface area contributed by atoms with Gasteiger partial charge in [0, 0.05) is 19.7 Å². The molecule has 0 saturated heterocycles. The molecule has 0 spiro atoms. The molecule has 3 rings (SSSR count). The van der Waals surface area contributed by atoms with Crippen molar-refractivity contribution in [3.8, 4) is 0 Å². The van der Waals surface area contributed by atoms with E-state index in [1.54, 1.807) is 50.4 Å². The molecule has 0 unspecified atom stereocenters. The average molecular weight is 457 g/mol. The molecule has 0 aliphatic rings. The van der Waals surface area contributed by atoms with Crippen LogP contribution >= 0.6 is 0 Å². The number of anilines is 1. The Kier molecular flexibility index (Phi) is 6.69. The van der Waals surface area contributed by atoms with Gasteiger partial charge in [-0.15, -0.1) is 0 Å². The molecule has 9 heteroatoms. The van der Waals surface area contributed by atoms with Gasteiger partial charge in [0.2, 0.25) is 0 Å². The molecule has 0 bridgehead atoms. The van der Waals surface area contributed by atoms with Crippen molar-refractivity contribution in [2.45, 2.75) is 18.4 Å². The predicted molar refractivity (Wildman–Crippen MR) is 119 cm³/mol. The first-order valence-corrected chi connectivity index (χ1v) is 11.2. The van der Waals surface area contributed by atoms with E-state index in [0.717, 1.165) is 0 Å². The van der Waals surface area contributed by atoms with Gasteiger partial charge in [-0.25, -0.2) is 13.2 Å². The average Bonchev–Trinajstić information content (AvgIpc) is 3.17. The second kappa shape index (κ2) is 9.27. The van der Waals surface area contributed by atoms with Crippen LogP contribution in [0.4, 0.5) is 5.69 Å². The maximum atomic E-state index is 13.0. The minimum atomic E-state index is -3.85. The van der Waals surface area contributed by atoms with Gasteiger partial charge in [-0.05, 0) is 43.3 Å². The molecule has 1 heterocycles. The number of hydrogen-bond donors (Lipinski definition) is 0. The lowest BCUT2D eigenvalue weighted by atomic mass is 10.2. The summed E-state index contributed by atoms with van der Waals surface area (Å²) in [6, 6.07) is 16.1. The highest BCUT2D eigenvalue weighted by Gasteiger charge is 2.24. The van der Waals surface area contributed by atoms with Gasteiger partial charge >= 0.3 is 5.97 Å². The number of rotatable bonds is 7. The maximum absolute atomic E-state index is 13.0. The molecule has 1 aromatic heterocycles. The standard InChI is InChI=1S/C23H24N2O6S/c1-16-21(23(27)30-4)14-19(31-16)15-24(2)22(26)17-9-8-12-20(13-17)32(28,29)25(3)18-10-6-5-7-11-18/h5-14H,15H2,1-4H3. The normalized spacial score (nSPS) is 11.1. The third-order valence-electron chi connectivity index (χ3n) is 4.97. The van der Waals surface area contributed by atoms with Crippen molar-refractivity contribution in [1.82, 2.24) is 4.90 Å². The van der Waals surface area contributed by atoms with E-state index in [-0.39, 0.29) is 17.0 Å². The van der Waals surface area contributed by atoms with Gasteiger partial charge in [-0.3, -0.25) is 9.10 Å². The lowest BCUT2D eigenvalue weighted by Gasteiger charge is -2.20. The molecule has 3 aromatic rings. The van der Waals surface area contributed by atoms with Crippen LogP contribution in [-0.2, 0) is 21.3 Å². The molecular weight excluding hydrogens is 432 g/mol. The topological polar surface area (TPSA) is 97.1 Å². The second-order valence-electron chi connectivity index (χ2n) is 7.17. The fourth-order valence-corrected chi connectivity index (χ4v) is 4.43. The molecular formula is C23H24N2O6S. The van der Waals surface area contributed by atoms with Crippen LogP contribution in [0.2, 0.25) is 0 Å². The van der Waals surface area contributed by atoms with E-state index in [1.165, 1.54) is 47.6 Å². The highest BCUT2D eigenvalue weighted by atomic mass is 32.2. The number of para-hydroxylation sites is 1. The minimum Gasteiger partial charge on any atom is -0.465 e. The Morgan fingerprint density at radius 3 is 2.34 bits per heavy atom. The van der Waals surface area contributed by atoms with E-state index in [2.05, 4.69) is 0 Å². The predicted octanol–water partition coefficient (Wildman–Crippen LogP) is 3.47. The summed E-state index contributed by atoms with van der Waals surface area (Å²) in [4.78, 5) is 26.1. The number of amides is 1. The number of nitrogens with zero attached hydrogens (tertiary/aromatic N) is 2. The molecule has 32 heavy (non-hydrogen) atoms. The Hall–Kier alpha value is -3.59. The number of esters is 1. The van der Waals surface area contributed by atoms with Crippen LogP contribution in [0.5, 0.6) is 0 Å². The Morgan fingerprint density at radius 2 is 1.69 bits per heavy atom. The number of carbonyl (C=O) groups is 2. The Bertz CT molecular complexity index is 1230. The number of furan rings is 1. The SMILES string of the molecule is COC(=O)c1cc(CN(C)C(=O)c2cccc(S(=O)(=O)N(C)c3ccccc3)c2)oc1C. The number of carbonyl (C=O) groups excluding carboxylic acids is 2. The summed E-state index contributed by atoms with van der Waals surface area (Å²) >= 11 is 0. The van der Waals surface area contributed by atoms with Crippen LogP contribution in [0.15, 0.2) is 70.0 Å². The Labute approximate surface area is 187 Å². The first-order chi connectivity index (χ1) is 15.1. The molecule has 1 amide bonds. The van der Waals surface area contributed by atoms with Crippen LogP contribution in [0.3, 0.4) is 0 Å². The number of hydrogen-bond acceptors (Lipinski definition) is 6. The number of methoxy groups -OCH3 is 1. The first kappa shape index (κ1) is 23.1. The van der Waals surface area contributed by atoms with Crippen LogP contribution in [0, 0.1) is 6.92 Å². The van der Waals surface area contributed by atoms with Crippen molar-refractivity contribution < 1.29 is 27.2 Å². The van der Waals surface area contributed by atoms with Crippen molar-refractivity contribution in [3.63, 3.8) is 0 Å². The summed E-state index contributed by atoms with van der Waals surface area (Å²) in [5.74, 6) is -0.110. The first-order valence-electron chi connectivity index (χ1n) is 9.72. The lowest BCUT2D eigenvalue weighted by molar-refractivity contribution is 0.0598. The second-order valence-corrected chi connectivity index (χ2v) is 9.14. The van der Waals surface area contributed by atoms with E-state index >= 15 is 0 Å². The third-order valence-corrected chi connectivity index (χ3v) is 6.75. The van der Waals surface area contributed by atoms with Crippen molar-refractivity contribution in [1.29, 1.82) is 0 Å². The number of benzene rings is 2. The largest absolute Gasteiger partial charge is 0.465 e. The summed E-state index contributed by atoms with van der Waals surface area (Å²) < 4.78 is 37.5. The van der Waals surface area contributed by atoms with E-state index in [4.69, 9.17) is 9.15 Å². The summed E-state index contributed by atoms with van der Waals surface area (Å²) in [5.41, 5.74) is 1.02. The van der Waals surface area contributed by atoms with Crippen molar-refractivity contribution in [2.75, 3.05) is 25.5 Å². The molecule has 0 N–H and O–H groups in total. The zero-order chi connectivity index (χ0) is 23.5. The summed E-state index contributed by atoms with van der Waals surface area (Å²) in [6.07, 6.45) is 0. The molecule has 0 atom stereocenters. The van der Waals surface area contributed by atoms with E-state index < -0.39 is 21.9 Å². The molecule has 0 radical (unpaired) electrons. The minimum absolute atomic E-state index is 0.00456. The highest BCUT2D eigenvalue weighted by molar-refractivity contribution is 7.92. The van der Waals surface area contributed by atoms with Gasteiger partial charge < -0.3 is 14.1 Å². The molecule has 8 nitrogen and oxygen atoms in total. The van der Waals surface area contributed by atoms with Crippen LogP contribution < -0.4 is 4.31 Å². The van der Waals surface area contributed by atoms with Gasteiger partial charge in [0.25, 0.3) is 15.9 Å². The highest BCUT2D eigenvalue weighted by Crippen LogP contribution is 2.23. The van der Waals surface area contributed by atoms with E-state index in [9.17, 15) is 18.0 Å². The van der Waals surface area contributed by atoms with Crippen molar-refractivity contribution in [3.05, 3.63) is 83.3 Å². The third kappa shape index (κ3) is 4.67. The number of sulfonamides is 1. The van der Waals surface area contributed by atoms with Gasteiger partial charge in [-0.2, -0.15) is 0 Å². The van der Waals surface area contributed by atoms with E-state index in [0.29, 0.717) is 22.8 Å². The summed E-state index contributed by atoms with van der Waals surface area (Å²) in [5, 5.41) is 0.